The van der Waals surface area contributed by atoms with Crippen LogP contribution in [0.1, 0.15) is 17.0 Å². The first-order chi connectivity index (χ1) is 9.10. The van der Waals surface area contributed by atoms with Crippen LogP contribution in [0.15, 0.2) is 42.5 Å². The van der Waals surface area contributed by atoms with Gasteiger partial charge < -0.3 is 11.5 Å². The first-order valence-electron chi connectivity index (χ1n) is 6.09. The SMILES string of the molecule is NCC(Cc1ccc(Cl)c(N)c1)c1ccc(F)cc1. The second kappa shape index (κ2) is 6.04. The fourth-order valence-electron chi connectivity index (χ4n) is 2.08. The van der Waals surface area contributed by atoms with Crippen molar-refractivity contribution in [2.45, 2.75) is 12.3 Å². The number of anilines is 1. The maximum atomic E-state index is 12.9. The predicted octanol–water partition coefficient (Wildman–Crippen LogP) is 3.35. The maximum Gasteiger partial charge on any atom is 0.123 e. The van der Waals surface area contributed by atoms with Crippen molar-refractivity contribution in [2.24, 2.45) is 5.73 Å². The summed E-state index contributed by atoms with van der Waals surface area (Å²) in [6, 6.07) is 12.0. The van der Waals surface area contributed by atoms with Crippen LogP contribution in [0.4, 0.5) is 10.1 Å². The van der Waals surface area contributed by atoms with Crippen LogP contribution in [0.25, 0.3) is 0 Å². The smallest absolute Gasteiger partial charge is 0.123 e. The summed E-state index contributed by atoms with van der Waals surface area (Å²) in [7, 11) is 0. The summed E-state index contributed by atoms with van der Waals surface area (Å²) in [6.07, 6.45) is 0.753. The van der Waals surface area contributed by atoms with Crippen molar-refractivity contribution in [1.82, 2.24) is 0 Å². The number of nitrogen functional groups attached to an aromatic ring is 1. The molecule has 2 aromatic rings. The fourth-order valence-corrected chi connectivity index (χ4v) is 2.19. The number of nitrogens with two attached hydrogens (primary N) is 2. The summed E-state index contributed by atoms with van der Waals surface area (Å²) >= 11 is 5.89. The van der Waals surface area contributed by atoms with Crippen molar-refractivity contribution >= 4 is 17.3 Å². The van der Waals surface area contributed by atoms with E-state index in [-0.39, 0.29) is 11.7 Å². The second-order valence-corrected chi connectivity index (χ2v) is 4.95. The largest absolute Gasteiger partial charge is 0.398 e. The van der Waals surface area contributed by atoms with Gasteiger partial charge in [-0.05, 0) is 48.4 Å². The van der Waals surface area contributed by atoms with Crippen molar-refractivity contribution in [3.8, 4) is 0 Å². The van der Waals surface area contributed by atoms with Crippen molar-refractivity contribution in [1.29, 1.82) is 0 Å². The van der Waals surface area contributed by atoms with Gasteiger partial charge in [-0.3, -0.25) is 0 Å². The molecule has 1 atom stereocenters. The molecule has 0 aliphatic carbocycles. The second-order valence-electron chi connectivity index (χ2n) is 4.54. The van der Waals surface area contributed by atoms with E-state index in [0.29, 0.717) is 17.3 Å². The van der Waals surface area contributed by atoms with Crippen molar-refractivity contribution in [3.05, 3.63) is 64.4 Å². The van der Waals surface area contributed by atoms with Crippen LogP contribution in [0.5, 0.6) is 0 Å². The highest BCUT2D eigenvalue weighted by atomic mass is 35.5. The molecule has 0 aromatic heterocycles. The van der Waals surface area contributed by atoms with E-state index in [1.54, 1.807) is 18.2 Å². The summed E-state index contributed by atoms with van der Waals surface area (Å²) in [4.78, 5) is 0. The molecule has 0 saturated heterocycles. The van der Waals surface area contributed by atoms with Crippen LogP contribution >= 0.6 is 11.6 Å². The number of halogens is 2. The van der Waals surface area contributed by atoms with Crippen LogP contribution in [-0.2, 0) is 6.42 Å². The van der Waals surface area contributed by atoms with E-state index in [2.05, 4.69) is 0 Å². The molecule has 2 nitrogen and oxygen atoms in total. The predicted molar refractivity (Wildman–Crippen MR) is 77.8 cm³/mol. The molecular weight excluding hydrogens is 263 g/mol. The van der Waals surface area contributed by atoms with Crippen LogP contribution in [0.3, 0.4) is 0 Å². The molecule has 2 rings (SSSR count). The molecule has 100 valence electrons. The third-order valence-electron chi connectivity index (χ3n) is 3.17. The van der Waals surface area contributed by atoms with Gasteiger partial charge in [0.15, 0.2) is 0 Å². The lowest BCUT2D eigenvalue weighted by atomic mass is 9.92. The zero-order chi connectivity index (χ0) is 13.8. The quantitative estimate of drug-likeness (QED) is 0.843. The summed E-state index contributed by atoms with van der Waals surface area (Å²) in [5.74, 6) is -0.101. The van der Waals surface area contributed by atoms with Gasteiger partial charge >= 0.3 is 0 Å². The number of benzene rings is 2. The minimum atomic E-state index is -0.241. The molecule has 0 spiro atoms. The van der Waals surface area contributed by atoms with Crippen LogP contribution in [-0.4, -0.2) is 6.54 Å². The van der Waals surface area contributed by atoms with Gasteiger partial charge in [-0.25, -0.2) is 4.39 Å². The van der Waals surface area contributed by atoms with E-state index in [0.717, 1.165) is 17.5 Å². The molecule has 2 aromatic carbocycles. The average Bonchev–Trinajstić information content (AvgIpc) is 2.41. The number of hydrogen-bond donors (Lipinski definition) is 2. The Morgan fingerprint density at radius 2 is 1.79 bits per heavy atom. The van der Waals surface area contributed by atoms with E-state index < -0.39 is 0 Å². The highest BCUT2D eigenvalue weighted by molar-refractivity contribution is 6.33. The molecule has 4 N–H and O–H groups in total. The molecule has 0 radical (unpaired) electrons. The van der Waals surface area contributed by atoms with Gasteiger partial charge in [-0.15, -0.1) is 0 Å². The van der Waals surface area contributed by atoms with E-state index in [9.17, 15) is 4.39 Å². The Balaban J connectivity index is 2.18. The lowest BCUT2D eigenvalue weighted by molar-refractivity contribution is 0.623. The Morgan fingerprint density at radius 1 is 1.11 bits per heavy atom. The molecule has 0 bridgehead atoms. The third-order valence-corrected chi connectivity index (χ3v) is 3.51. The standard InChI is InChI=1S/C15H16ClFN2/c16-14-6-1-10(8-15(14)19)7-12(9-18)11-2-4-13(17)5-3-11/h1-6,8,12H,7,9,18-19H2. The average molecular weight is 279 g/mol. The normalized spacial score (nSPS) is 12.4. The van der Waals surface area contributed by atoms with Crippen molar-refractivity contribution in [2.75, 3.05) is 12.3 Å². The topological polar surface area (TPSA) is 52.0 Å². The minimum absolute atomic E-state index is 0.140. The Morgan fingerprint density at radius 3 is 2.37 bits per heavy atom. The highest BCUT2D eigenvalue weighted by Gasteiger charge is 2.11. The Bertz CT molecular complexity index is 555. The lowest BCUT2D eigenvalue weighted by Crippen LogP contribution is -2.15. The molecule has 0 heterocycles. The van der Waals surface area contributed by atoms with Crippen LogP contribution < -0.4 is 11.5 Å². The van der Waals surface area contributed by atoms with E-state index >= 15 is 0 Å². The van der Waals surface area contributed by atoms with E-state index in [1.165, 1.54) is 12.1 Å². The zero-order valence-electron chi connectivity index (χ0n) is 10.4. The first-order valence-corrected chi connectivity index (χ1v) is 6.47. The summed E-state index contributed by atoms with van der Waals surface area (Å²) in [5.41, 5.74) is 14.3. The maximum absolute atomic E-state index is 12.9. The molecule has 0 aliphatic heterocycles. The van der Waals surface area contributed by atoms with Gasteiger partial charge in [-0.1, -0.05) is 29.8 Å². The monoisotopic (exact) mass is 278 g/mol. The van der Waals surface area contributed by atoms with Gasteiger partial charge in [0.25, 0.3) is 0 Å². The highest BCUT2D eigenvalue weighted by Crippen LogP contribution is 2.24. The summed E-state index contributed by atoms with van der Waals surface area (Å²) in [6.45, 7) is 0.494. The molecule has 0 amide bonds. The fraction of sp³-hybridized carbons (Fsp3) is 0.200. The summed E-state index contributed by atoms with van der Waals surface area (Å²) in [5, 5.41) is 0.551. The van der Waals surface area contributed by atoms with Gasteiger partial charge in [0.2, 0.25) is 0 Å². The molecule has 19 heavy (non-hydrogen) atoms. The Labute approximate surface area is 117 Å². The molecule has 0 saturated carbocycles. The van der Waals surface area contributed by atoms with E-state index in [4.69, 9.17) is 23.1 Å². The number of rotatable bonds is 4. The Kier molecular flexibility index (Phi) is 4.40. The minimum Gasteiger partial charge on any atom is -0.398 e. The van der Waals surface area contributed by atoms with Crippen molar-refractivity contribution in [3.63, 3.8) is 0 Å². The van der Waals surface area contributed by atoms with Crippen molar-refractivity contribution < 1.29 is 4.39 Å². The molecule has 0 fully saturated rings. The van der Waals surface area contributed by atoms with Crippen LogP contribution in [0, 0.1) is 5.82 Å². The molecule has 4 heteroatoms. The van der Waals surface area contributed by atoms with Crippen LogP contribution in [0.2, 0.25) is 5.02 Å². The zero-order valence-corrected chi connectivity index (χ0v) is 11.2. The Hall–Kier alpha value is -1.58. The van der Waals surface area contributed by atoms with Gasteiger partial charge in [-0.2, -0.15) is 0 Å². The van der Waals surface area contributed by atoms with Gasteiger partial charge in [0.1, 0.15) is 5.82 Å². The van der Waals surface area contributed by atoms with Gasteiger partial charge in [0, 0.05) is 5.92 Å². The number of hydrogen-bond acceptors (Lipinski definition) is 2. The molecule has 0 aliphatic rings. The third kappa shape index (κ3) is 3.46. The summed E-state index contributed by atoms with van der Waals surface area (Å²) < 4.78 is 12.9. The first kappa shape index (κ1) is 13.8. The van der Waals surface area contributed by atoms with E-state index in [1.807, 2.05) is 12.1 Å². The van der Waals surface area contributed by atoms with Gasteiger partial charge in [0.05, 0.1) is 10.7 Å². The molecular formula is C15H16ClFN2. The molecule has 1 unspecified atom stereocenters. The lowest BCUT2D eigenvalue weighted by Gasteiger charge is -2.16.